The summed E-state index contributed by atoms with van der Waals surface area (Å²) in [6, 6.07) is 4.43. The van der Waals surface area contributed by atoms with Gasteiger partial charge < -0.3 is 10.0 Å². The molecule has 0 bridgehead atoms. The fourth-order valence-corrected chi connectivity index (χ4v) is 2.38. The smallest absolute Gasteiger partial charge is 0.292 e. The fourth-order valence-electron chi connectivity index (χ4n) is 2.38. The van der Waals surface area contributed by atoms with Gasteiger partial charge in [-0.3, -0.25) is 15.0 Å². The van der Waals surface area contributed by atoms with E-state index < -0.39 is 11.2 Å². The van der Waals surface area contributed by atoms with E-state index in [0.717, 1.165) is 0 Å². The zero-order valence-corrected chi connectivity index (χ0v) is 11.6. The molecule has 1 N–H and O–H groups in total. The van der Waals surface area contributed by atoms with Gasteiger partial charge in [0, 0.05) is 42.8 Å². The molecule has 1 atom stereocenters. The Hall–Kier alpha value is -2.35. The molecule has 0 saturated carbocycles. The lowest BCUT2D eigenvalue weighted by molar-refractivity contribution is -0.384. The Morgan fingerprint density at radius 1 is 1.43 bits per heavy atom. The molecule has 0 spiro atoms. The Morgan fingerprint density at radius 3 is 2.62 bits per heavy atom. The number of nitrogens with zero attached hydrogens (tertiary/aromatic N) is 6. The van der Waals surface area contributed by atoms with Crippen molar-refractivity contribution in [3.63, 3.8) is 0 Å². The van der Waals surface area contributed by atoms with Crippen LogP contribution in [0.2, 0.25) is 0 Å². The number of rotatable bonds is 4. The number of aliphatic hydroxyl groups excluding tert-OH is 1. The molecule has 1 fully saturated rings. The first-order valence-corrected chi connectivity index (χ1v) is 6.53. The average Bonchev–Trinajstić information content (AvgIpc) is 2.47. The number of piperazine rings is 1. The Balaban J connectivity index is 2.24. The molecule has 1 aromatic carbocycles. The van der Waals surface area contributed by atoms with Crippen molar-refractivity contribution in [2.75, 3.05) is 31.1 Å². The van der Waals surface area contributed by atoms with Crippen LogP contribution in [0.15, 0.2) is 23.3 Å². The highest BCUT2D eigenvalue weighted by Gasteiger charge is 2.25. The molecule has 1 saturated heterocycles. The zero-order valence-electron chi connectivity index (χ0n) is 11.6. The summed E-state index contributed by atoms with van der Waals surface area (Å²) >= 11 is 0. The van der Waals surface area contributed by atoms with Crippen molar-refractivity contribution in [3.8, 4) is 0 Å². The minimum absolute atomic E-state index is 0.0783. The van der Waals surface area contributed by atoms with Gasteiger partial charge in [0.15, 0.2) is 0 Å². The molecule has 1 aliphatic heterocycles. The SMILES string of the molecule is CC(O)N1CCN(c2ccc(N=[N+]=[N-])cc2[N+](=O)[O-])CC1. The Kier molecular flexibility index (Phi) is 4.59. The lowest BCUT2D eigenvalue weighted by Gasteiger charge is -2.37. The summed E-state index contributed by atoms with van der Waals surface area (Å²) in [4.78, 5) is 17.1. The highest BCUT2D eigenvalue weighted by molar-refractivity contribution is 5.68. The van der Waals surface area contributed by atoms with Crippen LogP contribution in [-0.4, -0.2) is 47.3 Å². The van der Waals surface area contributed by atoms with Gasteiger partial charge in [-0.2, -0.15) is 0 Å². The predicted molar refractivity (Wildman–Crippen MR) is 77.4 cm³/mol. The standard InChI is InChI=1S/C12H16N6O3/c1-9(19)16-4-6-17(7-5-16)11-3-2-10(14-15-13)8-12(11)18(20)21/h2-3,8-9,19H,4-7H2,1H3. The van der Waals surface area contributed by atoms with E-state index in [4.69, 9.17) is 5.53 Å². The van der Waals surface area contributed by atoms with E-state index in [9.17, 15) is 15.2 Å². The number of nitro groups is 1. The van der Waals surface area contributed by atoms with Crippen LogP contribution in [0.5, 0.6) is 0 Å². The number of hydrogen-bond donors (Lipinski definition) is 1. The second-order valence-corrected chi connectivity index (χ2v) is 4.77. The van der Waals surface area contributed by atoms with E-state index >= 15 is 0 Å². The number of hydrogen-bond acceptors (Lipinski definition) is 6. The lowest BCUT2D eigenvalue weighted by Crippen LogP contribution is -2.49. The van der Waals surface area contributed by atoms with Crippen molar-refractivity contribution in [3.05, 3.63) is 38.8 Å². The van der Waals surface area contributed by atoms with Crippen LogP contribution < -0.4 is 4.90 Å². The van der Waals surface area contributed by atoms with E-state index in [0.29, 0.717) is 31.9 Å². The van der Waals surface area contributed by atoms with Gasteiger partial charge in [0.05, 0.1) is 4.92 Å². The number of anilines is 1. The van der Waals surface area contributed by atoms with Gasteiger partial charge in [-0.1, -0.05) is 11.2 Å². The Morgan fingerprint density at radius 2 is 2.10 bits per heavy atom. The first-order chi connectivity index (χ1) is 10.0. The minimum atomic E-state index is -0.519. The number of benzene rings is 1. The molecule has 9 nitrogen and oxygen atoms in total. The van der Waals surface area contributed by atoms with Gasteiger partial charge in [-0.15, -0.1) is 0 Å². The summed E-state index contributed by atoms with van der Waals surface area (Å²) in [5, 5.41) is 24.1. The zero-order chi connectivity index (χ0) is 15.4. The first-order valence-electron chi connectivity index (χ1n) is 6.53. The topological polar surface area (TPSA) is 119 Å². The molecule has 0 aromatic heterocycles. The molecule has 0 radical (unpaired) electrons. The van der Waals surface area contributed by atoms with Crippen LogP contribution >= 0.6 is 0 Å². The van der Waals surface area contributed by atoms with E-state index in [1.807, 2.05) is 9.80 Å². The summed E-state index contributed by atoms with van der Waals surface area (Å²) in [5.41, 5.74) is 9.04. The molecule has 1 unspecified atom stereocenters. The van der Waals surface area contributed by atoms with Crippen LogP contribution in [0, 0.1) is 10.1 Å². The van der Waals surface area contributed by atoms with Gasteiger partial charge in [0.1, 0.15) is 11.9 Å². The van der Waals surface area contributed by atoms with Gasteiger partial charge in [0.2, 0.25) is 0 Å². The number of azide groups is 1. The predicted octanol–water partition coefficient (Wildman–Crippen LogP) is 2.00. The molecule has 1 aliphatic rings. The van der Waals surface area contributed by atoms with Crippen LogP contribution in [0.3, 0.4) is 0 Å². The van der Waals surface area contributed by atoms with E-state index in [1.54, 1.807) is 19.1 Å². The van der Waals surface area contributed by atoms with Crippen molar-refractivity contribution >= 4 is 17.1 Å². The Bertz CT molecular complexity index is 576. The van der Waals surface area contributed by atoms with Crippen molar-refractivity contribution in [1.82, 2.24) is 4.90 Å². The summed E-state index contributed by atoms with van der Waals surface area (Å²) in [5.74, 6) is 0. The molecule has 2 rings (SSSR count). The molecule has 9 heteroatoms. The molecular weight excluding hydrogens is 276 g/mol. The van der Waals surface area contributed by atoms with E-state index in [2.05, 4.69) is 10.0 Å². The lowest BCUT2D eigenvalue weighted by atomic mass is 10.2. The molecule has 0 amide bonds. The largest absolute Gasteiger partial charge is 0.379 e. The van der Waals surface area contributed by atoms with E-state index in [1.165, 1.54) is 6.07 Å². The maximum absolute atomic E-state index is 11.2. The third-order valence-electron chi connectivity index (χ3n) is 3.50. The molecule has 1 heterocycles. The minimum Gasteiger partial charge on any atom is -0.379 e. The molecule has 1 aromatic rings. The summed E-state index contributed by atoms with van der Waals surface area (Å²) in [7, 11) is 0. The summed E-state index contributed by atoms with van der Waals surface area (Å²) < 4.78 is 0. The normalized spacial score (nSPS) is 17.1. The van der Waals surface area contributed by atoms with Crippen LogP contribution in [0.25, 0.3) is 10.4 Å². The van der Waals surface area contributed by atoms with Gasteiger partial charge in [-0.25, -0.2) is 0 Å². The third-order valence-corrected chi connectivity index (χ3v) is 3.50. The maximum atomic E-state index is 11.2. The molecule has 21 heavy (non-hydrogen) atoms. The molecule has 112 valence electrons. The Labute approximate surface area is 121 Å². The van der Waals surface area contributed by atoms with Crippen molar-refractivity contribution in [2.24, 2.45) is 5.11 Å². The van der Waals surface area contributed by atoms with Gasteiger partial charge >= 0.3 is 0 Å². The van der Waals surface area contributed by atoms with Crippen molar-refractivity contribution in [2.45, 2.75) is 13.2 Å². The number of aliphatic hydroxyl groups is 1. The molecule has 0 aliphatic carbocycles. The fraction of sp³-hybridized carbons (Fsp3) is 0.500. The monoisotopic (exact) mass is 292 g/mol. The highest BCUT2D eigenvalue weighted by Crippen LogP contribution is 2.32. The summed E-state index contributed by atoms with van der Waals surface area (Å²) in [6.45, 7) is 4.14. The van der Waals surface area contributed by atoms with Gasteiger partial charge in [0.25, 0.3) is 5.69 Å². The molecular formula is C12H16N6O3. The van der Waals surface area contributed by atoms with Crippen LogP contribution in [0.4, 0.5) is 17.1 Å². The van der Waals surface area contributed by atoms with E-state index in [-0.39, 0.29) is 11.4 Å². The van der Waals surface area contributed by atoms with Crippen molar-refractivity contribution < 1.29 is 10.0 Å². The highest BCUT2D eigenvalue weighted by atomic mass is 16.6. The van der Waals surface area contributed by atoms with Crippen LogP contribution in [-0.2, 0) is 0 Å². The van der Waals surface area contributed by atoms with Crippen molar-refractivity contribution in [1.29, 1.82) is 0 Å². The van der Waals surface area contributed by atoms with Gasteiger partial charge in [-0.05, 0) is 18.5 Å². The third kappa shape index (κ3) is 3.40. The second-order valence-electron chi connectivity index (χ2n) is 4.77. The summed E-state index contributed by atoms with van der Waals surface area (Å²) in [6.07, 6.45) is -0.519. The quantitative estimate of drug-likeness (QED) is 0.299. The van der Waals surface area contributed by atoms with Crippen LogP contribution in [0.1, 0.15) is 6.92 Å². The first kappa shape index (κ1) is 15.0. The maximum Gasteiger partial charge on any atom is 0.292 e. The number of nitro benzene ring substituents is 1. The second kappa shape index (κ2) is 6.40. The average molecular weight is 292 g/mol.